The molecule has 1 saturated heterocycles. The summed E-state index contributed by atoms with van der Waals surface area (Å²) in [4.78, 5) is 2.30. The number of benzene rings is 2. The van der Waals surface area contributed by atoms with E-state index in [4.69, 9.17) is 9.47 Å². The van der Waals surface area contributed by atoms with Gasteiger partial charge in [-0.3, -0.25) is 4.90 Å². The fraction of sp³-hybridized carbons (Fsp3) is 0.500. The average molecular weight is 431 g/mol. The van der Waals surface area contributed by atoms with Crippen molar-refractivity contribution in [3.8, 4) is 11.5 Å². The number of rotatable bonds is 11. The van der Waals surface area contributed by atoms with Crippen LogP contribution in [-0.4, -0.2) is 67.5 Å². The molecule has 0 radical (unpaired) electrons. The van der Waals surface area contributed by atoms with Crippen LogP contribution < -0.4 is 14.8 Å². The molecule has 0 aliphatic carbocycles. The first-order chi connectivity index (χ1) is 14.6. The predicted octanol–water partition coefficient (Wildman–Crippen LogP) is 3.12. The van der Waals surface area contributed by atoms with Crippen molar-refractivity contribution in [2.24, 2.45) is 0 Å². The van der Waals surface area contributed by atoms with Crippen LogP contribution in [0.1, 0.15) is 16.7 Å². The maximum Gasteiger partial charge on any atom is 0.161 e. The lowest BCUT2D eigenvalue weighted by Gasteiger charge is -2.28. The third-order valence-electron chi connectivity index (χ3n) is 5.27. The molecule has 1 aliphatic heterocycles. The summed E-state index contributed by atoms with van der Waals surface area (Å²) in [6.45, 7) is 6.81. The largest absolute Gasteiger partial charge is 0.493 e. The Hall–Kier alpha value is -1.73. The molecule has 1 aliphatic rings. The van der Waals surface area contributed by atoms with Crippen LogP contribution in [0, 0.1) is 6.92 Å². The highest BCUT2D eigenvalue weighted by atomic mass is 32.2. The first-order valence-electron chi connectivity index (χ1n) is 10.7. The Balaban J connectivity index is 1.42. The summed E-state index contributed by atoms with van der Waals surface area (Å²) in [5, 5.41) is 13.8. The van der Waals surface area contributed by atoms with Gasteiger partial charge in [-0.1, -0.05) is 35.9 Å². The molecule has 164 valence electrons. The van der Waals surface area contributed by atoms with Crippen LogP contribution in [-0.2, 0) is 13.0 Å². The van der Waals surface area contributed by atoms with E-state index in [1.165, 1.54) is 11.1 Å². The molecular weight excluding hydrogens is 396 g/mol. The van der Waals surface area contributed by atoms with Gasteiger partial charge in [-0.15, -0.1) is 0 Å². The molecule has 0 aromatic heterocycles. The maximum atomic E-state index is 10.3. The molecule has 1 fully saturated rings. The number of hydrogen-bond acceptors (Lipinski definition) is 6. The number of methoxy groups -OCH3 is 1. The fourth-order valence-corrected chi connectivity index (χ4v) is 4.46. The van der Waals surface area contributed by atoms with Crippen molar-refractivity contribution >= 4 is 11.8 Å². The molecule has 6 heteroatoms. The Morgan fingerprint density at radius 3 is 2.53 bits per heavy atom. The van der Waals surface area contributed by atoms with Gasteiger partial charge in [0, 0.05) is 37.7 Å². The van der Waals surface area contributed by atoms with E-state index < -0.39 is 6.10 Å². The van der Waals surface area contributed by atoms with Gasteiger partial charge in [0.25, 0.3) is 0 Å². The number of aliphatic hydroxyl groups excluding tert-OH is 1. The molecule has 0 amide bonds. The Labute approximate surface area is 184 Å². The van der Waals surface area contributed by atoms with E-state index in [1.807, 2.05) is 30.0 Å². The number of β-amino-alcohol motifs (C(OH)–C–C–N with tert-alkyl or cyclic N) is 1. The Bertz CT molecular complexity index is 764. The van der Waals surface area contributed by atoms with Crippen LogP contribution >= 0.6 is 11.8 Å². The molecule has 1 heterocycles. The zero-order valence-corrected chi connectivity index (χ0v) is 18.9. The van der Waals surface area contributed by atoms with Crippen LogP contribution in [0.15, 0.2) is 42.5 Å². The van der Waals surface area contributed by atoms with Crippen molar-refractivity contribution in [1.82, 2.24) is 10.2 Å². The summed E-state index contributed by atoms with van der Waals surface area (Å²) in [5.41, 5.74) is 3.78. The van der Waals surface area contributed by atoms with Gasteiger partial charge in [0.2, 0.25) is 0 Å². The second kappa shape index (κ2) is 12.2. The smallest absolute Gasteiger partial charge is 0.161 e. The van der Waals surface area contributed by atoms with Gasteiger partial charge in [0.1, 0.15) is 12.7 Å². The third kappa shape index (κ3) is 7.51. The Morgan fingerprint density at radius 1 is 1.07 bits per heavy atom. The first kappa shape index (κ1) is 22.9. The SMILES string of the molecule is COc1cc(CNCCc2ccc(C)cc2)ccc1OC[C@@H](O)CN1CCSCC1. The number of nitrogens with zero attached hydrogens (tertiary/aromatic N) is 1. The predicted molar refractivity (Wildman–Crippen MR) is 125 cm³/mol. The minimum atomic E-state index is -0.499. The van der Waals surface area contributed by atoms with Gasteiger partial charge >= 0.3 is 0 Å². The van der Waals surface area contributed by atoms with E-state index >= 15 is 0 Å². The quantitative estimate of drug-likeness (QED) is 0.534. The van der Waals surface area contributed by atoms with Crippen LogP contribution in [0.5, 0.6) is 11.5 Å². The molecule has 30 heavy (non-hydrogen) atoms. The number of aliphatic hydroxyl groups is 1. The molecule has 2 aromatic carbocycles. The van der Waals surface area contributed by atoms with Gasteiger partial charge in [-0.05, 0) is 43.1 Å². The molecule has 5 nitrogen and oxygen atoms in total. The van der Waals surface area contributed by atoms with E-state index in [2.05, 4.69) is 41.4 Å². The summed E-state index contributed by atoms with van der Waals surface area (Å²) in [7, 11) is 1.65. The summed E-state index contributed by atoms with van der Waals surface area (Å²) < 4.78 is 11.4. The van der Waals surface area contributed by atoms with Crippen molar-refractivity contribution < 1.29 is 14.6 Å². The summed E-state index contributed by atoms with van der Waals surface area (Å²) in [5.74, 6) is 3.66. The summed E-state index contributed by atoms with van der Waals surface area (Å²) in [6, 6.07) is 14.7. The summed E-state index contributed by atoms with van der Waals surface area (Å²) >= 11 is 1.97. The van der Waals surface area contributed by atoms with Gasteiger partial charge in [-0.2, -0.15) is 11.8 Å². The van der Waals surface area contributed by atoms with Crippen LogP contribution in [0.4, 0.5) is 0 Å². The zero-order chi connectivity index (χ0) is 21.2. The molecule has 1 atom stereocenters. The Morgan fingerprint density at radius 2 is 1.80 bits per heavy atom. The van der Waals surface area contributed by atoms with Gasteiger partial charge in [-0.25, -0.2) is 0 Å². The van der Waals surface area contributed by atoms with Crippen LogP contribution in [0.25, 0.3) is 0 Å². The highest BCUT2D eigenvalue weighted by Gasteiger charge is 2.16. The number of ether oxygens (including phenoxy) is 2. The van der Waals surface area contributed by atoms with Crippen LogP contribution in [0.2, 0.25) is 0 Å². The van der Waals surface area contributed by atoms with E-state index in [0.717, 1.165) is 49.7 Å². The average Bonchev–Trinajstić information content (AvgIpc) is 2.77. The third-order valence-corrected chi connectivity index (χ3v) is 6.21. The fourth-order valence-electron chi connectivity index (χ4n) is 3.48. The highest BCUT2D eigenvalue weighted by Crippen LogP contribution is 2.28. The molecule has 2 aromatic rings. The molecular formula is C24H34N2O3S. The number of thioether (sulfide) groups is 1. The summed E-state index contributed by atoms with van der Waals surface area (Å²) in [6.07, 6.45) is 0.507. The van der Waals surface area contributed by atoms with E-state index in [1.54, 1.807) is 7.11 Å². The number of nitrogens with one attached hydrogen (secondary N) is 1. The number of aryl methyl sites for hydroxylation is 1. The highest BCUT2D eigenvalue weighted by molar-refractivity contribution is 7.99. The first-order valence-corrected chi connectivity index (χ1v) is 11.8. The molecule has 3 rings (SSSR count). The van der Waals surface area contributed by atoms with E-state index in [0.29, 0.717) is 18.0 Å². The molecule has 0 unspecified atom stereocenters. The van der Waals surface area contributed by atoms with Crippen molar-refractivity contribution in [3.05, 3.63) is 59.2 Å². The van der Waals surface area contributed by atoms with Crippen molar-refractivity contribution in [3.63, 3.8) is 0 Å². The lowest BCUT2D eigenvalue weighted by atomic mass is 10.1. The minimum Gasteiger partial charge on any atom is -0.493 e. The van der Waals surface area contributed by atoms with Crippen molar-refractivity contribution in [1.29, 1.82) is 0 Å². The number of hydrogen-bond donors (Lipinski definition) is 2. The normalized spacial score (nSPS) is 15.7. The molecule has 0 saturated carbocycles. The lowest BCUT2D eigenvalue weighted by Crippen LogP contribution is -2.40. The monoisotopic (exact) mass is 430 g/mol. The molecule has 0 bridgehead atoms. The lowest BCUT2D eigenvalue weighted by molar-refractivity contribution is 0.0705. The minimum absolute atomic E-state index is 0.272. The Kier molecular flexibility index (Phi) is 9.33. The zero-order valence-electron chi connectivity index (χ0n) is 18.1. The van der Waals surface area contributed by atoms with Crippen molar-refractivity contribution in [2.75, 3.05) is 51.4 Å². The molecule has 2 N–H and O–H groups in total. The van der Waals surface area contributed by atoms with E-state index in [-0.39, 0.29) is 6.61 Å². The second-order valence-electron chi connectivity index (χ2n) is 7.78. The van der Waals surface area contributed by atoms with Gasteiger partial charge < -0.3 is 19.9 Å². The topological polar surface area (TPSA) is 54.0 Å². The van der Waals surface area contributed by atoms with E-state index in [9.17, 15) is 5.11 Å². The van der Waals surface area contributed by atoms with Gasteiger partial charge in [0.05, 0.1) is 7.11 Å². The van der Waals surface area contributed by atoms with Gasteiger partial charge in [0.15, 0.2) is 11.5 Å². The standard InChI is InChI=1S/C24H34N2O3S/c1-19-3-5-20(6-4-19)9-10-25-16-21-7-8-23(24(15-21)28-2)29-18-22(27)17-26-11-13-30-14-12-26/h3-8,15,22,25,27H,9-14,16-18H2,1-2H3/t22-/m0/s1. The van der Waals surface area contributed by atoms with Crippen LogP contribution in [0.3, 0.4) is 0 Å². The van der Waals surface area contributed by atoms with Crippen molar-refractivity contribution in [2.45, 2.75) is 26.0 Å². The second-order valence-corrected chi connectivity index (χ2v) is 9.00. The maximum absolute atomic E-state index is 10.3. The molecule has 0 spiro atoms.